The van der Waals surface area contributed by atoms with Gasteiger partial charge in [-0.1, -0.05) is 26.0 Å². The molecule has 0 bridgehead atoms. The van der Waals surface area contributed by atoms with Crippen LogP contribution >= 0.6 is 0 Å². The largest absolute Gasteiger partial charge is 0.317 e. The molecule has 1 N–H and O–H groups in total. The van der Waals surface area contributed by atoms with Gasteiger partial charge in [-0.05, 0) is 30.5 Å². The van der Waals surface area contributed by atoms with Crippen molar-refractivity contribution in [3.63, 3.8) is 0 Å². The van der Waals surface area contributed by atoms with Crippen molar-refractivity contribution >= 4 is 17.7 Å². The summed E-state index contributed by atoms with van der Waals surface area (Å²) in [6, 6.07) is 6.68. The van der Waals surface area contributed by atoms with Crippen LogP contribution in [-0.4, -0.2) is 35.2 Å². The van der Waals surface area contributed by atoms with Crippen molar-refractivity contribution in [3.05, 3.63) is 35.4 Å². The van der Waals surface area contributed by atoms with Crippen LogP contribution in [0, 0.1) is 0 Å². The first-order chi connectivity index (χ1) is 9.56. The highest BCUT2D eigenvalue weighted by Crippen LogP contribution is 2.15. The zero-order valence-corrected chi connectivity index (χ0v) is 11.7. The minimum absolute atomic E-state index is 0.0708. The number of amides is 3. The van der Waals surface area contributed by atoms with Crippen molar-refractivity contribution in [2.45, 2.75) is 32.7 Å². The van der Waals surface area contributed by atoms with Gasteiger partial charge in [0, 0.05) is 5.56 Å². The Morgan fingerprint density at radius 3 is 2.45 bits per heavy atom. The van der Waals surface area contributed by atoms with Crippen molar-refractivity contribution in [3.8, 4) is 0 Å². The molecule has 1 heterocycles. The van der Waals surface area contributed by atoms with E-state index in [9.17, 15) is 14.4 Å². The standard InChI is InChI=1S/C15H18N2O3/c1-3-10-5-7-11(8-6-10)15(20)17-9-13(18)16-14(19)12(17)4-2/h5-8,12H,3-4,9H2,1-2H3,(H,16,18,19). The second-order valence-corrected chi connectivity index (χ2v) is 4.82. The molecule has 1 aromatic carbocycles. The van der Waals surface area contributed by atoms with Crippen LogP contribution in [-0.2, 0) is 16.0 Å². The smallest absolute Gasteiger partial charge is 0.255 e. The zero-order valence-electron chi connectivity index (χ0n) is 11.7. The lowest BCUT2D eigenvalue weighted by Gasteiger charge is -2.33. The number of nitrogens with zero attached hydrogens (tertiary/aromatic N) is 1. The Balaban J connectivity index is 2.24. The number of rotatable bonds is 3. The van der Waals surface area contributed by atoms with Gasteiger partial charge < -0.3 is 4.90 Å². The van der Waals surface area contributed by atoms with Gasteiger partial charge in [-0.2, -0.15) is 0 Å². The van der Waals surface area contributed by atoms with Crippen molar-refractivity contribution in [1.29, 1.82) is 0 Å². The molecule has 106 valence electrons. The Morgan fingerprint density at radius 1 is 1.25 bits per heavy atom. The molecule has 3 amide bonds. The fourth-order valence-electron chi connectivity index (χ4n) is 2.33. The van der Waals surface area contributed by atoms with E-state index in [0.717, 1.165) is 12.0 Å². The topological polar surface area (TPSA) is 66.5 Å². The van der Waals surface area contributed by atoms with E-state index in [1.165, 1.54) is 4.90 Å². The third-order valence-electron chi connectivity index (χ3n) is 3.51. The zero-order chi connectivity index (χ0) is 14.7. The summed E-state index contributed by atoms with van der Waals surface area (Å²) in [6.07, 6.45) is 1.38. The molecule has 1 aliphatic heterocycles. The normalized spacial score (nSPS) is 18.9. The molecule has 0 spiro atoms. The molecule has 2 rings (SSSR count). The maximum absolute atomic E-state index is 12.5. The van der Waals surface area contributed by atoms with Gasteiger partial charge in [-0.25, -0.2) is 0 Å². The third kappa shape index (κ3) is 2.71. The highest BCUT2D eigenvalue weighted by atomic mass is 16.2. The van der Waals surface area contributed by atoms with E-state index >= 15 is 0 Å². The van der Waals surface area contributed by atoms with Crippen LogP contribution in [0.4, 0.5) is 0 Å². The first kappa shape index (κ1) is 14.2. The first-order valence-electron chi connectivity index (χ1n) is 6.80. The predicted molar refractivity (Wildman–Crippen MR) is 74.1 cm³/mol. The van der Waals surface area contributed by atoms with Gasteiger partial charge in [0.15, 0.2) is 0 Å². The maximum Gasteiger partial charge on any atom is 0.255 e. The summed E-state index contributed by atoms with van der Waals surface area (Å²) in [5.41, 5.74) is 1.64. The molecule has 0 saturated carbocycles. The summed E-state index contributed by atoms with van der Waals surface area (Å²) in [7, 11) is 0. The summed E-state index contributed by atoms with van der Waals surface area (Å²) >= 11 is 0. The van der Waals surface area contributed by atoms with Crippen LogP contribution in [0.2, 0.25) is 0 Å². The number of piperazine rings is 1. The van der Waals surface area contributed by atoms with Gasteiger partial charge in [-0.3, -0.25) is 19.7 Å². The summed E-state index contributed by atoms with van der Waals surface area (Å²) in [5, 5.41) is 2.26. The molecule has 1 saturated heterocycles. The lowest BCUT2D eigenvalue weighted by atomic mass is 10.1. The van der Waals surface area contributed by atoms with Crippen molar-refractivity contribution in [2.24, 2.45) is 0 Å². The number of benzene rings is 1. The monoisotopic (exact) mass is 274 g/mol. The van der Waals surface area contributed by atoms with Crippen molar-refractivity contribution < 1.29 is 14.4 Å². The quantitative estimate of drug-likeness (QED) is 0.840. The minimum Gasteiger partial charge on any atom is -0.317 e. The molecule has 0 radical (unpaired) electrons. The van der Waals surface area contributed by atoms with Crippen molar-refractivity contribution in [1.82, 2.24) is 10.2 Å². The first-order valence-corrected chi connectivity index (χ1v) is 6.80. The van der Waals surface area contributed by atoms with Gasteiger partial charge in [0.2, 0.25) is 11.8 Å². The van der Waals surface area contributed by atoms with Gasteiger partial charge >= 0.3 is 0 Å². The highest BCUT2D eigenvalue weighted by molar-refractivity contribution is 6.07. The number of carbonyl (C=O) groups is 3. The van der Waals surface area contributed by atoms with Crippen LogP contribution in [0.1, 0.15) is 36.2 Å². The number of imide groups is 1. The lowest BCUT2D eigenvalue weighted by molar-refractivity contribution is -0.138. The van der Waals surface area contributed by atoms with E-state index in [4.69, 9.17) is 0 Å². The molecule has 1 aliphatic rings. The Kier molecular flexibility index (Phi) is 4.17. The Bertz CT molecular complexity index is 537. The SMILES string of the molecule is CCc1ccc(C(=O)N2CC(=O)NC(=O)C2CC)cc1. The molecule has 1 fully saturated rings. The molecule has 0 aliphatic carbocycles. The Morgan fingerprint density at radius 2 is 1.90 bits per heavy atom. The average Bonchev–Trinajstić information content (AvgIpc) is 2.46. The molecular weight excluding hydrogens is 256 g/mol. The third-order valence-corrected chi connectivity index (χ3v) is 3.51. The van der Waals surface area contributed by atoms with Crippen LogP contribution < -0.4 is 5.32 Å². The van der Waals surface area contributed by atoms with E-state index in [-0.39, 0.29) is 12.5 Å². The van der Waals surface area contributed by atoms with Crippen LogP contribution in [0.25, 0.3) is 0 Å². The number of carbonyl (C=O) groups excluding carboxylic acids is 3. The van der Waals surface area contributed by atoms with Crippen LogP contribution in [0.15, 0.2) is 24.3 Å². The molecule has 5 heteroatoms. The lowest BCUT2D eigenvalue weighted by Crippen LogP contribution is -2.59. The van der Waals surface area contributed by atoms with Gasteiger partial charge in [0.1, 0.15) is 12.6 Å². The molecule has 20 heavy (non-hydrogen) atoms. The van der Waals surface area contributed by atoms with Crippen molar-refractivity contribution in [2.75, 3.05) is 6.54 Å². The Labute approximate surface area is 118 Å². The molecule has 1 aromatic rings. The number of hydrogen-bond donors (Lipinski definition) is 1. The summed E-state index contributed by atoms with van der Waals surface area (Å²) in [6.45, 7) is 3.79. The van der Waals surface area contributed by atoms with Gasteiger partial charge in [0.05, 0.1) is 0 Å². The second kappa shape index (κ2) is 5.86. The average molecular weight is 274 g/mol. The van der Waals surface area contributed by atoms with Gasteiger partial charge in [-0.15, -0.1) is 0 Å². The van der Waals surface area contributed by atoms with E-state index in [1.54, 1.807) is 12.1 Å². The minimum atomic E-state index is -0.578. The number of hydrogen-bond acceptors (Lipinski definition) is 3. The molecule has 0 aromatic heterocycles. The number of nitrogens with one attached hydrogen (secondary N) is 1. The predicted octanol–water partition coefficient (Wildman–Crippen LogP) is 1.13. The molecule has 5 nitrogen and oxygen atoms in total. The molecule has 1 atom stereocenters. The van der Waals surface area contributed by atoms with Crippen LogP contribution in [0.5, 0.6) is 0 Å². The fraction of sp³-hybridized carbons (Fsp3) is 0.400. The van der Waals surface area contributed by atoms with E-state index in [0.29, 0.717) is 12.0 Å². The van der Waals surface area contributed by atoms with E-state index in [2.05, 4.69) is 5.32 Å². The molecular formula is C15H18N2O3. The van der Waals surface area contributed by atoms with E-state index in [1.807, 2.05) is 26.0 Å². The summed E-state index contributed by atoms with van der Waals surface area (Å²) < 4.78 is 0. The highest BCUT2D eigenvalue weighted by Gasteiger charge is 2.35. The maximum atomic E-state index is 12.5. The summed E-state index contributed by atoms with van der Waals surface area (Å²) in [5.74, 6) is -1.11. The summed E-state index contributed by atoms with van der Waals surface area (Å²) in [4.78, 5) is 37.0. The second-order valence-electron chi connectivity index (χ2n) is 4.82. The molecule has 1 unspecified atom stereocenters. The van der Waals surface area contributed by atoms with E-state index < -0.39 is 17.9 Å². The van der Waals surface area contributed by atoms with Crippen LogP contribution in [0.3, 0.4) is 0 Å². The van der Waals surface area contributed by atoms with Gasteiger partial charge in [0.25, 0.3) is 5.91 Å². The number of aryl methyl sites for hydroxylation is 1. The fourth-order valence-corrected chi connectivity index (χ4v) is 2.33. The Hall–Kier alpha value is -2.17.